The van der Waals surface area contributed by atoms with Gasteiger partial charge in [-0.05, 0) is 77.0 Å². The number of ether oxygens (including phenoxy) is 3. The molecule has 0 aliphatic heterocycles. The predicted molar refractivity (Wildman–Crippen MR) is 275 cm³/mol. The first-order chi connectivity index (χ1) is 31.5. The molecule has 0 saturated heterocycles. The van der Waals surface area contributed by atoms with Gasteiger partial charge in [0.05, 0.1) is 0 Å². The molecule has 64 heavy (non-hydrogen) atoms. The van der Waals surface area contributed by atoms with E-state index >= 15 is 0 Å². The number of esters is 3. The molecule has 0 rings (SSSR count). The summed E-state index contributed by atoms with van der Waals surface area (Å²) in [7, 11) is 0. The van der Waals surface area contributed by atoms with Crippen LogP contribution in [0.1, 0.15) is 297 Å². The van der Waals surface area contributed by atoms with Crippen molar-refractivity contribution >= 4 is 17.9 Å². The van der Waals surface area contributed by atoms with Gasteiger partial charge in [-0.2, -0.15) is 0 Å². The van der Waals surface area contributed by atoms with Gasteiger partial charge in [0, 0.05) is 19.3 Å². The lowest BCUT2D eigenvalue weighted by atomic mass is 10.0. The second-order valence-electron chi connectivity index (χ2n) is 18.8. The molecule has 6 nitrogen and oxygen atoms in total. The molecule has 0 aromatic heterocycles. The first-order valence-electron chi connectivity index (χ1n) is 28.0. The van der Waals surface area contributed by atoms with E-state index < -0.39 is 6.10 Å². The molecule has 0 saturated carbocycles. The number of allylic oxidation sites excluding steroid dienone is 6. The van der Waals surface area contributed by atoms with Crippen molar-refractivity contribution in [3.05, 3.63) is 36.5 Å². The summed E-state index contributed by atoms with van der Waals surface area (Å²) >= 11 is 0. The third-order valence-electron chi connectivity index (χ3n) is 12.4. The van der Waals surface area contributed by atoms with E-state index in [1.165, 1.54) is 186 Å². The minimum atomic E-state index is -0.769. The van der Waals surface area contributed by atoms with Crippen LogP contribution in [0.15, 0.2) is 36.5 Å². The summed E-state index contributed by atoms with van der Waals surface area (Å²) in [4.78, 5) is 37.7. The highest BCUT2D eigenvalue weighted by Gasteiger charge is 2.19. The Kier molecular flexibility index (Phi) is 51.3. The van der Waals surface area contributed by atoms with Crippen LogP contribution in [0.2, 0.25) is 0 Å². The van der Waals surface area contributed by atoms with Crippen LogP contribution in [-0.2, 0) is 28.6 Å². The summed E-state index contributed by atoms with van der Waals surface area (Å²) in [6.45, 7) is 6.57. The molecule has 0 N–H and O–H groups in total. The molecule has 6 heteroatoms. The summed E-state index contributed by atoms with van der Waals surface area (Å²) in [5.74, 6) is -0.881. The van der Waals surface area contributed by atoms with Crippen molar-refractivity contribution in [3.63, 3.8) is 0 Å². The Balaban J connectivity index is 4.09. The molecular weight excluding hydrogens is 793 g/mol. The molecule has 0 aliphatic rings. The summed E-state index contributed by atoms with van der Waals surface area (Å²) in [5, 5.41) is 0. The minimum Gasteiger partial charge on any atom is -0.462 e. The van der Waals surface area contributed by atoms with Gasteiger partial charge in [0.15, 0.2) is 6.10 Å². The summed E-state index contributed by atoms with van der Waals surface area (Å²) in [6, 6.07) is 0. The fourth-order valence-electron chi connectivity index (χ4n) is 8.12. The van der Waals surface area contributed by atoms with Gasteiger partial charge in [-0.3, -0.25) is 14.4 Å². The molecule has 0 bridgehead atoms. The van der Waals surface area contributed by atoms with Crippen molar-refractivity contribution in [2.45, 2.75) is 303 Å². The monoisotopic (exact) mass is 899 g/mol. The largest absolute Gasteiger partial charge is 0.462 e. The molecule has 0 amide bonds. The fraction of sp³-hybridized carbons (Fsp3) is 0.845. The van der Waals surface area contributed by atoms with Crippen LogP contribution in [-0.4, -0.2) is 37.2 Å². The van der Waals surface area contributed by atoms with Crippen LogP contribution in [0.25, 0.3) is 0 Å². The van der Waals surface area contributed by atoms with Crippen LogP contribution in [0.4, 0.5) is 0 Å². The predicted octanol–water partition coefficient (Wildman–Crippen LogP) is 18.5. The third kappa shape index (κ3) is 50.6. The van der Waals surface area contributed by atoms with E-state index in [1.54, 1.807) is 0 Å². The van der Waals surface area contributed by atoms with E-state index in [0.29, 0.717) is 19.3 Å². The number of carbonyl (C=O) groups excluding carboxylic acids is 3. The van der Waals surface area contributed by atoms with Crippen molar-refractivity contribution in [2.75, 3.05) is 13.2 Å². The van der Waals surface area contributed by atoms with Crippen molar-refractivity contribution in [1.82, 2.24) is 0 Å². The Morgan fingerprint density at radius 3 is 0.875 bits per heavy atom. The average Bonchev–Trinajstić information content (AvgIpc) is 3.29. The van der Waals surface area contributed by atoms with E-state index in [1.807, 2.05) is 0 Å². The summed E-state index contributed by atoms with van der Waals surface area (Å²) in [5.41, 5.74) is 0. The Bertz CT molecular complexity index is 1080. The van der Waals surface area contributed by atoms with Gasteiger partial charge in [-0.15, -0.1) is 0 Å². The van der Waals surface area contributed by atoms with Gasteiger partial charge in [-0.25, -0.2) is 0 Å². The lowest BCUT2D eigenvalue weighted by Gasteiger charge is -2.18. The zero-order chi connectivity index (χ0) is 46.5. The third-order valence-corrected chi connectivity index (χ3v) is 12.4. The number of carbonyl (C=O) groups is 3. The highest BCUT2D eigenvalue weighted by atomic mass is 16.6. The molecule has 0 heterocycles. The molecule has 1 unspecified atom stereocenters. The number of unbranched alkanes of at least 4 members (excludes halogenated alkanes) is 34. The normalized spacial score (nSPS) is 12.2. The fourth-order valence-corrected chi connectivity index (χ4v) is 8.12. The standard InChI is InChI=1S/C58H106O6/c1-4-7-10-13-15-17-19-21-23-25-27-28-29-30-31-33-34-36-38-40-42-45-48-51-57(60)63-54-55(53-62-56(59)50-47-44-12-9-6-3)64-58(61)52-49-46-43-41-39-37-35-32-26-24-22-20-18-16-14-11-8-5-2/h19,21,24-27,55H,4-18,20,22-23,28-54H2,1-3H3/b21-19-,26-24-,27-25-. The van der Waals surface area contributed by atoms with Crippen molar-refractivity contribution in [3.8, 4) is 0 Å². The zero-order valence-corrected chi connectivity index (χ0v) is 42.8. The van der Waals surface area contributed by atoms with E-state index in [2.05, 4.69) is 57.2 Å². The maximum atomic E-state index is 12.8. The van der Waals surface area contributed by atoms with Gasteiger partial charge >= 0.3 is 17.9 Å². The summed E-state index contributed by atoms with van der Waals surface area (Å²) in [6.07, 6.45) is 63.2. The van der Waals surface area contributed by atoms with E-state index in [0.717, 1.165) is 70.6 Å². The highest BCUT2D eigenvalue weighted by Crippen LogP contribution is 2.16. The molecule has 0 aromatic rings. The van der Waals surface area contributed by atoms with Crippen molar-refractivity contribution in [1.29, 1.82) is 0 Å². The maximum Gasteiger partial charge on any atom is 0.306 e. The SMILES string of the molecule is CCCCCCC/C=C\C/C=C\CCCCCCCCCCCCCC(=O)OCC(COC(=O)CCCCCCC)OC(=O)CCCCCCCCC/C=C\CCCCCCCCC. The highest BCUT2D eigenvalue weighted by molar-refractivity contribution is 5.71. The van der Waals surface area contributed by atoms with Crippen LogP contribution >= 0.6 is 0 Å². The number of hydrogen-bond donors (Lipinski definition) is 0. The van der Waals surface area contributed by atoms with E-state index in [9.17, 15) is 14.4 Å². The lowest BCUT2D eigenvalue weighted by molar-refractivity contribution is -0.167. The van der Waals surface area contributed by atoms with Crippen LogP contribution in [0.3, 0.4) is 0 Å². The number of rotatable bonds is 51. The molecule has 0 aromatic carbocycles. The molecule has 1 atom stereocenters. The van der Waals surface area contributed by atoms with Crippen LogP contribution in [0.5, 0.6) is 0 Å². The van der Waals surface area contributed by atoms with Gasteiger partial charge < -0.3 is 14.2 Å². The first kappa shape index (κ1) is 61.6. The molecule has 374 valence electrons. The zero-order valence-electron chi connectivity index (χ0n) is 42.8. The van der Waals surface area contributed by atoms with Gasteiger partial charge in [0.1, 0.15) is 13.2 Å². The number of hydrogen-bond acceptors (Lipinski definition) is 6. The average molecular weight is 899 g/mol. The topological polar surface area (TPSA) is 78.9 Å². The second-order valence-corrected chi connectivity index (χ2v) is 18.8. The Labute approximate surface area is 397 Å². The first-order valence-corrected chi connectivity index (χ1v) is 28.0. The van der Waals surface area contributed by atoms with Gasteiger partial charge in [0.2, 0.25) is 0 Å². The van der Waals surface area contributed by atoms with Crippen LogP contribution < -0.4 is 0 Å². The Hall–Kier alpha value is -2.37. The van der Waals surface area contributed by atoms with Crippen molar-refractivity contribution in [2.24, 2.45) is 0 Å². The Morgan fingerprint density at radius 2 is 0.562 bits per heavy atom. The maximum absolute atomic E-state index is 12.8. The van der Waals surface area contributed by atoms with Crippen molar-refractivity contribution < 1.29 is 28.6 Å². The lowest BCUT2D eigenvalue weighted by Crippen LogP contribution is -2.30. The van der Waals surface area contributed by atoms with E-state index in [4.69, 9.17) is 14.2 Å². The van der Waals surface area contributed by atoms with Gasteiger partial charge in [0.25, 0.3) is 0 Å². The molecular formula is C58H106O6. The summed E-state index contributed by atoms with van der Waals surface area (Å²) < 4.78 is 16.7. The molecule has 0 aliphatic carbocycles. The molecule has 0 spiro atoms. The quantitative estimate of drug-likeness (QED) is 0.0262. The smallest absolute Gasteiger partial charge is 0.306 e. The van der Waals surface area contributed by atoms with Gasteiger partial charge in [-0.1, -0.05) is 237 Å². The molecule has 0 radical (unpaired) electrons. The second kappa shape index (κ2) is 53.2. The van der Waals surface area contributed by atoms with Crippen LogP contribution in [0, 0.1) is 0 Å². The van der Waals surface area contributed by atoms with E-state index in [-0.39, 0.29) is 31.1 Å². The Morgan fingerprint density at radius 1 is 0.312 bits per heavy atom. The molecule has 0 fully saturated rings. The minimum absolute atomic E-state index is 0.0731.